The number of halogens is 1. The molecule has 5 heteroatoms. The summed E-state index contributed by atoms with van der Waals surface area (Å²) in [6.45, 7) is 0. The van der Waals surface area contributed by atoms with E-state index < -0.39 is 0 Å². The van der Waals surface area contributed by atoms with Crippen molar-refractivity contribution in [2.24, 2.45) is 0 Å². The lowest BCUT2D eigenvalue weighted by molar-refractivity contribution is -0.140. The molecule has 0 bridgehead atoms. The van der Waals surface area contributed by atoms with Crippen molar-refractivity contribution in [3.63, 3.8) is 0 Å². The summed E-state index contributed by atoms with van der Waals surface area (Å²) in [5, 5.41) is 0. The first-order chi connectivity index (χ1) is 10.1. The molecule has 0 amide bonds. The average Bonchev–Trinajstić information content (AvgIpc) is 2.89. The normalized spacial score (nSPS) is 18.5. The second-order valence-electron chi connectivity index (χ2n) is 4.84. The lowest BCUT2D eigenvalue weighted by Crippen LogP contribution is -2.11. The van der Waals surface area contributed by atoms with Gasteiger partial charge in [0.15, 0.2) is 0 Å². The van der Waals surface area contributed by atoms with Crippen LogP contribution in [0.25, 0.3) is 0 Å². The van der Waals surface area contributed by atoms with Crippen molar-refractivity contribution < 1.29 is 19.1 Å². The number of methoxy groups -OCH3 is 1. The van der Waals surface area contributed by atoms with E-state index in [9.17, 15) is 9.59 Å². The Balaban J connectivity index is 2.06. The van der Waals surface area contributed by atoms with Gasteiger partial charge in [-0.25, -0.2) is 4.79 Å². The molecule has 0 aromatic heterocycles. The Hall–Kier alpha value is -1.62. The molecule has 1 fully saturated rings. The Bertz CT molecular complexity index is 565. The van der Waals surface area contributed by atoms with Crippen LogP contribution in [0, 0.1) is 0 Å². The molecule has 1 aliphatic heterocycles. The number of carbonyl (C=O) groups excluding carboxylic acids is 2. The van der Waals surface area contributed by atoms with E-state index in [0.717, 1.165) is 10.0 Å². The van der Waals surface area contributed by atoms with Crippen LogP contribution in [0.3, 0.4) is 0 Å². The minimum atomic E-state index is -0.370. The summed E-state index contributed by atoms with van der Waals surface area (Å²) in [4.78, 5) is 23.0. The fourth-order valence-corrected chi connectivity index (χ4v) is 2.73. The van der Waals surface area contributed by atoms with Gasteiger partial charge in [-0.2, -0.15) is 0 Å². The molecule has 2 rings (SSSR count). The molecule has 0 aliphatic carbocycles. The molecule has 21 heavy (non-hydrogen) atoms. The summed E-state index contributed by atoms with van der Waals surface area (Å²) in [5.74, 6) is -0.587. The first-order valence-electron chi connectivity index (χ1n) is 6.82. The molecular formula is C16H17BrO4. The molecule has 1 atom stereocenters. The third-order valence-electron chi connectivity index (χ3n) is 3.37. The predicted octanol–water partition coefficient (Wildman–Crippen LogP) is 3.19. The smallest absolute Gasteiger partial charge is 0.333 e. The zero-order chi connectivity index (χ0) is 15.2. The largest absolute Gasteiger partial charge is 0.466 e. The molecule has 1 aromatic rings. The Kier molecular flexibility index (Phi) is 5.56. The van der Waals surface area contributed by atoms with E-state index in [-0.39, 0.29) is 18.0 Å². The summed E-state index contributed by atoms with van der Waals surface area (Å²) >= 11 is 3.49. The van der Waals surface area contributed by atoms with Crippen LogP contribution in [0.1, 0.15) is 24.8 Å². The average molecular weight is 353 g/mol. The van der Waals surface area contributed by atoms with Gasteiger partial charge in [-0.15, -0.1) is 0 Å². The first kappa shape index (κ1) is 15.8. The number of carbonyl (C=O) groups is 2. The van der Waals surface area contributed by atoms with Gasteiger partial charge in [-0.1, -0.05) is 34.1 Å². The number of rotatable bonds is 5. The molecular weight excluding hydrogens is 336 g/mol. The maximum atomic E-state index is 11.8. The maximum Gasteiger partial charge on any atom is 0.333 e. The van der Waals surface area contributed by atoms with E-state index in [1.807, 2.05) is 24.3 Å². The Labute approximate surface area is 132 Å². The summed E-state index contributed by atoms with van der Waals surface area (Å²) in [6, 6.07) is 7.88. The van der Waals surface area contributed by atoms with E-state index >= 15 is 0 Å². The zero-order valence-electron chi connectivity index (χ0n) is 11.8. The van der Waals surface area contributed by atoms with Crippen LogP contribution in [-0.2, 0) is 25.5 Å². The van der Waals surface area contributed by atoms with Crippen LogP contribution in [0.15, 0.2) is 40.4 Å². The van der Waals surface area contributed by atoms with E-state index in [4.69, 9.17) is 9.47 Å². The third kappa shape index (κ3) is 4.43. The zero-order valence-corrected chi connectivity index (χ0v) is 13.4. The van der Waals surface area contributed by atoms with Gasteiger partial charge in [0.2, 0.25) is 0 Å². The topological polar surface area (TPSA) is 52.6 Å². The number of benzene rings is 1. The predicted molar refractivity (Wildman–Crippen MR) is 81.7 cm³/mol. The number of aryl methyl sites for hydroxylation is 1. The van der Waals surface area contributed by atoms with Crippen LogP contribution in [-0.4, -0.2) is 25.2 Å². The van der Waals surface area contributed by atoms with Crippen LogP contribution in [0.5, 0.6) is 0 Å². The molecule has 112 valence electrons. The van der Waals surface area contributed by atoms with Gasteiger partial charge >= 0.3 is 11.9 Å². The fraction of sp³-hybridized carbons (Fsp3) is 0.375. The van der Waals surface area contributed by atoms with Gasteiger partial charge in [-0.3, -0.25) is 4.79 Å². The molecule has 1 heterocycles. The molecule has 4 nitrogen and oxygen atoms in total. The van der Waals surface area contributed by atoms with Crippen molar-refractivity contribution in [2.75, 3.05) is 7.11 Å². The van der Waals surface area contributed by atoms with Crippen molar-refractivity contribution in [3.05, 3.63) is 46.0 Å². The number of ether oxygens (including phenoxy) is 2. The summed E-state index contributed by atoms with van der Waals surface area (Å²) in [7, 11) is 1.36. The number of esters is 2. The summed E-state index contributed by atoms with van der Waals surface area (Å²) < 4.78 is 11.0. The highest BCUT2D eigenvalue weighted by Crippen LogP contribution is 2.22. The fourth-order valence-electron chi connectivity index (χ4n) is 2.24. The monoisotopic (exact) mass is 352 g/mol. The second kappa shape index (κ2) is 7.41. The van der Waals surface area contributed by atoms with Crippen molar-refractivity contribution in [1.82, 2.24) is 0 Å². The molecule has 0 radical (unpaired) electrons. The first-order valence-corrected chi connectivity index (χ1v) is 7.61. The quantitative estimate of drug-likeness (QED) is 0.603. The molecule has 1 saturated heterocycles. The van der Waals surface area contributed by atoms with Crippen molar-refractivity contribution in [3.8, 4) is 0 Å². The van der Waals surface area contributed by atoms with Gasteiger partial charge in [0, 0.05) is 16.5 Å². The second-order valence-corrected chi connectivity index (χ2v) is 5.70. The van der Waals surface area contributed by atoms with E-state index in [1.165, 1.54) is 7.11 Å². The Morgan fingerprint density at radius 2 is 2.24 bits per heavy atom. The number of cyclic esters (lactones) is 1. The third-order valence-corrected chi connectivity index (χ3v) is 4.15. The van der Waals surface area contributed by atoms with Gasteiger partial charge in [-0.05, 0) is 37.0 Å². The Morgan fingerprint density at radius 3 is 2.86 bits per heavy atom. The highest BCUT2D eigenvalue weighted by Gasteiger charge is 2.23. The SMILES string of the molecule is COC(=O)/C(=C/[C@H]1CCC(=O)O1)CCc1ccccc1Br. The minimum absolute atomic E-state index is 0.216. The van der Waals surface area contributed by atoms with E-state index in [1.54, 1.807) is 6.08 Å². The van der Waals surface area contributed by atoms with Gasteiger partial charge in [0.05, 0.1) is 7.11 Å². The van der Waals surface area contributed by atoms with Crippen LogP contribution >= 0.6 is 15.9 Å². The highest BCUT2D eigenvalue weighted by atomic mass is 79.9. The van der Waals surface area contributed by atoms with E-state index in [0.29, 0.717) is 31.3 Å². The number of hydrogen-bond donors (Lipinski definition) is 0. The van der Waals surface area contributed by atoms with Crippen LogP contribution in [0.4, 0.5) is 0 Å². The maximum absolute atomic E-state index is 11.8. The van der Waals surface area contributed by atoms with Crippen molar-refractivity contribution in [2.45, 2.75) is 31.8 Å². The molecule has 1 aromatic carbocycles. The summed E-state index contributed by atoms with van der Waals surface area (Å²) in [5.41, 5.74) is 1.67. The Morgan fingerprint density at radius 1 is 1.48 bits per heavy atom. The van der Waals surface area contributed by atoms with Gasteiger partial charge in [0.25, 0.3) is 0 Å². The lowest BCUT2D eigenvalue weighted by Gasteiger charge is -2.10. The molecule has 0 saturated carbocycles. The standard InChI is InChI=1S/C16H17BrO4/c1-20-16(19)12(10-13-8-9-15(18)21-13)7-6-11-4-2-3-5-14(11)17/h2-5,10,13H,6-9H2,1H3/b12-10+/t13-/m1/s1. The highest BCUT2D eigenvalue weighted by molar-refractivity contribution is 9.10. The van der Waals surface area contributed by atoms with Crippen molar-refractivity contribution >= 4 is 27.9 Å². The molecule has 0 N–H and O–H groups in total. The minimum Gasteiger partial charge on any atom is -0.466 e. The number of hydrogen-bond acceptors (Lipinski definition) is 4. The summed E-state index contributed by atoms with van der Waals surface area (Å²) in [6.07, 6.45) is 3.68. The van der Waals surface area contributed by atoms with Crippen molar-refractivity contribution in [1.29, 1.82) is 0 Å². The molecule has 0 unspecified atom stereocenters. The van der Waals surface area contributed by atoms with Crippen LogP contribution < -0.4 is 0 Å². The lowest BCUT2D eigenvalue weighted by atomic mass is 10.0. The molecule has 1 aliphatic rings. The van der Waals surface area contributed by atoms with Gasteiger partial charge < -0.3 is 9.47 Å². The van der Waals surface area contributed by atoms with E-state index in [2.05, 4.69) is 15.9 Å². The molecule has 0 spiro atoms. The van der Waals surface area contributed by atoms with Gasteiger partial charge in [0.1, 0.15) is 6.10 Å². The van der Waals surface area contributed by atoms with Crippen LogP contribution in [0.2, 0.25) is 0 Å².